The van der Waals surface area contributed by atoms with Crippen LogP contribution in [0.3, 0.4) is 0 Å². The van der Waals surface area contributed by atoms with Crippen molar-refractivity contribution in [1.82, 2.24) is 10.2 Å². The first-order valence-electron chi connectivity index (χ1n) is 6.87. The Hall–Kier alpha value is -1.35. The van der Waals surface area contributed by atoms with Crippen molar-refractivity contribution in [3.63, 3.8) is 0 Å². The van der Waals surface area contributed by atoms with Crippen LogP contribution in [0.1, 0.15) is 28.8 Å². The van der Waals surface area contributed by atoms with Gasteiger partial charge in [0.25, 0.3) is 5.91 Å². The SMILES string of the molecule is O=C1NC2(Cc3ccccc31)CN(CC1CC1)C2. The van der Waals surface area contributed by atoms with Gasteiger partial charge in [0.1, 0.15) is 0 Å². The van der Waals surface area contributed by atoms with Crippen LogP contribution in [0.25, 0.3) is 0 Å². The van der Waals surface area contributed by atoms with Crippen LogP contribution in [-0.4, -0.2) is 36.0 Å². The molecule has 1 aliphatic carbocycles. The minimum atomic E-state index is 0.0281. The van der Waals surface area contributed by atoms with Crippen LogP contribution in [-0.2, 0) is 6.42 Å². The van der Waals surface area contributed by atoms with Gasteiger partial charge in [0.15, 0.2) is 0 Å². The Bertz CT molecular complexity index is 501. The molecular weight excluding hydrogens is 224 g/mol. The molecule has 1 saturated heterocycles. The highest BCUT2D eigenvalue weighted by atomic mass is 16.2. The summed E-state index contributed by atoms with van der Waals surface area (Å²) in [6.45, 7) is 3.30. The maximum Gasteiger partial charge on any atom is 0.252 e. The molecule has 3 nitrogen and oxygen atoms in total. The molecule has 1 aromatic carbocycles. The second-order valence-electron chi connectivity index (χ2n) is 6.18. The van der Waals surface area contributed by atoms with E-state index in [0.717, 1.165) is 31.0 Å². The predicted molar refractivity (Wildman–Crippen MR) is 69.5 cm³/mol. The third kappa shape index (κ3) is 1.65. The number of rotatable bonds is 2. The number of carbonyl (C=O) groups excluding carboxylic acids is 1. The number of nitrogens with zero attached hydrogens (tertiary/aromatic N) is 1. The smallest absolute Gasteiger partial charge is 0.252 e. The molecule has 0 unspecified atom stereocenters. The predicted octanol–water partition coefficient (Wildman–Crippen LogP) is 1.44. The number of fused-ring (bicyclic) bond motifs is 1. The number of benzene rings is 1. The van der Waals surface area contributed by atoms with Crippen LogP contribution in [0.2, 0.25) is 0 Å². The molecule has 2 fully saturated rings. The van der Waals surface area contributed by atoms with Crippen molar-refractivity contribution in [3.05, 3.63) is 35.4 Å². The summed E-state index contributed by atoms with van der Waals surface area (Å²) in [4.78, 5) is 14.6. The first kappa shape index (κ1) is 10.6. The third-order valence-electron chi connectivity index (χ3n) is 4.44. The Morgan fingerprint density at radius 2 is 2.06 bits per heavy atom. The maximum atomic E-state index is 12.1. The first-order valence-corrected chi connectivity index (χ1v) is 6.87. The number of amides is 1. The molecule has 0 radical (unpaired) electrons. The van der Waals surface area contributed by atoms with Gasteiger partial charge >= 0.3 is 0 Å². The Morgan fingerprint density at radius 3 is 2.83 bits per heavy atom. The van der Waals surface area contributed by atoms with E-state index < -0.39 is 0 Å². The highest BCUT2D eigenvalue weighted by Gasteiger charge is 2.47. The second kappa shape index (κ2) is 3.58. The van der Waals surface area contributed by atoms with Crippen LogP contribution in [0, 0.1) is 5.92 Å². The summed E-state index contributed by atoms with van der Waals surface area (Å²) in [5, 5.41) is 3.23. The van der Waals surface area contributed by atoms with Crippen molar-refractivity contribution in [3.8, 4) is 0 Å². The largest absolute Gasteiger partial charge is 0.344 e. The molecule has 3 heteroatoms. The summed E-state index contributed by atoms with van der Waals surface area (Å²) < 4.78 is 0. The summed E-state index contributed by atoms with van der Waals surface area (Å²) in [6.07, 6.45) is 3.80. The van der Waals surface area contributed by atoms with Crippen molar-refractivity contribution < 1.29 is 4.79 Å². The van der Waals surface area contributed by atoms with Gasteiger partial charge in [0.05, 0.1) is 5.54 Å². The van der Waals surface area contributed by atoms with Gasteiger partial charge in [-0.3, -0.25) is 9.69 Å². The molecule has 1 saturated carbocycles. The highest BCUT2D eigenvalue weighted by molar-refractivity contribution is 5.97. The van der Waals surface area contributed by atoms with Gasteiger partial charge < -0.3 is 5.32 Å². The zero-order valence-electron chi connectivity index (χ0n) is 10.5. The molecule has 2 aliphatic heterocycles. The van der Waals surface area contributed by atoms with E-state index in [1.807, 2.05) is 18.2 Å². The fourth-order valence-electron chi connectivity index (χ4n) is 3.41. The molecule has 1 aromatic rings. The molecule has 1 amide bonds. The van der Waals surface area contributed by atoms with Crippen molar-refractivity contribution in [2.45, 2.75) is 24.8 Å². The Labute approximate surface area is 107 Å². The summed E-state index contributed by atoms with van der Waals surface area (Å²) in [5.41, 5.74) is 2.11. The van der Waals surface area contributed by atoms with Gasteiger partial charge in [-0.1, -0.05) is 18.2 Å². The van der Waals surface area contributed by atoms with Gasteiger partial charge in [-0.15, -0.1) is 0 Å². The molecule has 3 aliphatic rings. The van der Waals surface area contributed by atoms with Crippen LogP contribution < -0.4 is 5.32 Å². The molecule has 1 spiro atoms. The zero-order valence-corrected chi connectivity index (χ0v) is 10.5. The lowest BCUT2D eigenvalue weighted by atomic mass is 9.78. The molecule has 0 aromatic heterocycles. The van der Waals surface area contributed by atoms with Gasteiger partial charge in [0, 0.05) is 25.2 Å². The van der Waals surface area contributed by atoms with Gasteiger partial charge in [-0.25, -0.2) is 0 Å². The van der Waals surface area contributed by atoms with E-state index in [9.17, 15) is 4.79 Å². The minimum absolute atomic E-state index is 0.0281. The normalized spacial score (nSPS) is 25.4. The van der Waals surface area contributed by atoms with E-state index in [-0.39, 0.29) is 11.4 Å². The summed E-state index contributed by atoms with van der Waals surface area (Å²) in [7, 11) is 0. The minimum Gasteiger partial charge on any atom is -0.344 e. The number of nitrogens with one attached hydrogen (secondary N) is 1. The van der Waals surface area contributed by atoms with Gasteiger partial charge in [-0.05, 0) is 36.8 Å². The van der Waals surface area contributed by atoms with E-state index in [4.69, 9.17) is 0 Å². The van der Waals surface area contributed by atoms with E-state index in [1.54, 1.807) is 0 Å². The van der Waals surface area contributed by atoms with Crippen LogP contribution in [0.15, 0.2) is 24.3 Å². The Morgan fingerprint density at radius 1 is 1.28 bits per heavy atom. The molecule has 0 atom stereocenters. The lowest BCUT2D eigenvalue weighted by Crippen LogP contribution is -2.72. The van der Waals surface area contributed by atoms with Crippen LogP contribution in [0.4, 0.5) is 0 Å². The van der Waals surface area contributed by atoms with E-state index in [1.165, 1.54) is 24.9 Å². The van der Waals surface area contributed by atoms with Crippen molar-refractivity contribution in [2.75, 3.05) is 19.6 Å². The van der Waals surface area contributed by atoms with Gasteiger partial charge in [0.2, 0.25) is 0 Å². The standard InChI is InChI=1S/C15H18N2O/c18-14-13-4-2-1-3-12(13)7-15(16-14)9-17(10-15)8-11-5-6-11/h1-4,11H,5-10H2,(H,16,18). The number of likely N-dealkylation sites (tertiary alicyclic amines) is 1. The molecule has 1 N–H and O–H groups in total. The number of hydrogen-bond acceptors (Lipinski definition) is 2. The molecule has 94 valence electrons. The Kier molecular flexibility index (Phi) is 2.10. The van der Waals surface area contributed by atoms with Crippen molar-refractivity contribution in [2.24, 2.45) is 5.92 Å². The van der Waals surface area contributed by atoms with Crippen LogP contribution in [0.5, 0.6) is 0 Å². The summed E-state index contributed by atoms with van der Waals surface area (Å²) >= 11 is 0. The molecular formula is C15H18N2O. The lowest BCUT2D eigenvalue weighted by Gasteiger charge is -2.52. The average molecular weight is 242 g/mol. The van der Waals surface area contributed by atoms with Crippen molar-refractivity contribution >= 4 is 5.91 Å². The lowest BCUT2D eigenvalue weighted by molar-refractivity contribution is 0.0300. The fourth-order valence-corrected chi connectivity index (χ4v) is 3.41. The van der Waals surface area contributed by atoms with E-state index in [2.05, 4.69) is 16.3 Å². The second-order valence-corrected chi connectivity index (χ2v) is 6.18. The summed E-state index contributed by atoms with van der Waals surface area (Å²) in [5.74, 6) is 1.05. The highest BCUT2D eigenvalue weighted by Crippen LogP contribution is 2.35. The number of carbonyl (C=O) groups is 1. The summed E-state index contributed by atoms with van der Waals surface area (Å²) in [6, 6.07) is 8.00. The Balaban J connectivity index is 1.51. The average Bonchev–Trinajstić information content (AvgIpc) is 3.11. The molecule has 4 rings (SSSR count). The topological polar surface area (TPSA) is 32.3 Å². The quantitative estimate of drug-likeness (QED) is 0.851. The molecule has 18 heavy (non-hydrogen) atoms. The maximum absolute atomic E-state index is 12.1. The molecule has 0 bridgehead atoms. The monoisotopic (exact) mass is 242 g/mol. The van der Waals surface area contributed by atoms with E-state index >= 15 is 0 Å². The van der Waals surface area contributed by atoms with Gasteiger partial charge in [-0.2, -0.15) is 0 Å². The zero-order chi connectivity index (χ0) is 12.2. The first-order chi connectivity index (χ1) is 8.74. The number of hydrogen-bond donors (Lipinski definition) is 1. The van der Waals surface area contributed by atoms with E-state index in [0.29, 0.717) is 0 Å². The van der Waals surface area contributed by atoms with Crippen LogP contribution >= 0.6 is 0 Å². The van der Waals surface area contributed by atoms with Crippen molar-refractivity contribution in [1.29, 1.82) is 0 Å². The fraction of sp³-hybridized carbons (Fsp3) is 0.533. The third-order valence-corrected chi connectivity index (χ3v) is 4.44. The molecule has 2 heterocycles.